The van der Waals surface area contributed by atoms with Crippen LogP contribution in [0.2, 0.25) is 5.02 Å². The van der Waals surface area contributed by atoms with Crippen molar-refractivity contribution in [2.75, 3.05) is 7.11 Å². The van der Waals surface area contributed by atoms with Gasteiger partial charge in [-0.2, -0.15) is 0 Å². The van der Waals surface area contributed by atoms with Gasteiger partial charge in [-0.3, -0.25) is 4.79 Å². The summed E-state index contributed by atoms with van der Waals surface area (Å²) in [4.78, 5) is 10.9. The minimum atomic E-state index is -0.481. The Morgan fingerprint density at radius 3 is 2.71 bits per heavy atom. The molecule has 1 rings (SSSR count). The fraction of sp³-hybridized carbons (Fsp3) is 0.300. The summed E-state index contributed by atoms with van der Waals surface area (Å²) in [6.07, 6.45) is -0.0120. The zero-order valence-electron chi connectivity index (χ0n) is 7.93. The second kappa shape index (κ2) is 4.42. The fourth-order valence-corrected chi connectivity index (χ4v) is 1.44. The van der Waals surface area contributed by atoms with Gasteiger partial charge in [0, 0.05) is 12.0 Å². The van der Waals surface area contributed by atoms with Gasteiger partial charge in [0.25, 0.3) is 0 Å². The highest BCUT2D eigenvalue weighted by molar-refractivity contribution is 6.33. The Kier molecular flexibility index (Phi) is 3.47. The van der Waals surface area contributed by atoms with Crippen LogP contribution in [0.4, 0.5) is 4.39 Å². The molecule has 2 nitrogen and oxygen atoms in total. The summed E-state index contributed by atoms with van der Waals surface area (Å²) in [5.41, 5.74) is 0.193. The molecule has 0 atom stereocenters. The zero-order valence-corrected chi connectivity index (χ0v) is 8.69. The van der Waals surface area contributed by atoms with E-state index in [4.69, 9.17) is 16.3 Å². The predicted octanol–water partition coefficient (Wildman–Crippen LogP) is 2.62. The zero-order chi connectivity index (χ0) is 10.7. The average molecular weight is 217 g/mol. The molecule has 76 valence electrons. The fourth-order valence-electron chi connectivity index (χ4n) is 1.14. The summed E-state index contributed by atoms with van der Waals surface area (Å²) in [5.74, 6) is -0.241. The van der Waals surface area contributed by atoms with Gasteiger partial charge in [0.2, 0.25) is 0 Å². The molecule has 0 aliphatic carbocycles. The molecule has 0 fully saturated rings. The third-order valence-electron chi connectivity index (χ3n) is 1.80. The predicted molar refractivity (Wildman–Crippen MR) is 52.3 cm³/mol. The van der Waals surface area contributed by atoms with E-state index in [1.165, 1.54) is 26.2 Å². The van der Waals surface area contributed by atoms with Crippen LogP contribution in [0.5, 0.6) is 5.75 Å². The number of halogens is 2. The lowest BCUT2D eigenvalue weighted by Crippen LogP contribution is -2.01. The van der Waals surface area contributed by atoms with Crippen molar-refractivity contribution in [2.45, 2.75) is 13.3 Å². The van der Waals surface area contributed by atoms with Crippen molar-refractivity contribution in [1.82, 2.24) is 0 Å². The second-order valence-electron chi connectivity index (χ2n) is 2.92. The smallest absolute Gasteiger partial charge is 0.137 e. The molecule has 0 bridgehead atoms. The van der Waals surface area contributed by atoms with E-state index in [2.05, 4.69) is 0 Å². The van der Waals surface area contributed by atoms with Crippen LogP contribution in [0.25, 0.3) is 0 Å². The number of carbonyl (C=O) groups is 1. The lowest BCUT2D eigenvalue weighted by molar-refractivity contribution is -0.116. The van der Waals surface area contributed by atoms with Crippen LogP contribution < -0.4 is 4.74 Å². The molecule has 0 amide bonds. The Bertz CT molecular complexity index is 363. The number of rotatable bonds is 3. The minimum Gasteiger partial charge on any atom is -0.495 e. The molecule has 0 aliphatic rings. The van der Waals surface area contributed by atoms with E-state index in [9.17, 15) is 9.18 Å². The molecule has 0 spiro atoms. The first-order valence-electron chi connectivity index (χ1n) is 4.06. The highest BCUT2D eigenvalue weighted by atomic mass is 35.5. The Hall–Kier alpha value is -1.09. The van der Waals surface area contributed by atoms with Gasteiger partial charge < -0.3 is 4.74 Å². The Morgan fingerprint density at radius 1 is 1.57 bits per heavy atom. The van der Waals surface area contributed by atoms with E-state index < -0.39 is 5.82 Å². The summed E-state index contributed by atoms with van der Waals surface area (Å²) in [6, 6.07) is 2.67. The van der Waals surface area contributed by atoms with Crippen molar-refractivity contribution in [3.8, 4) is 5.75 Å². The minimum absolute atomic E-state index is 0.0120. The molecule has 0 aromatic heterocycles. The maximum atomic E-state index is 13.2. The molecule has 0 saturated carbocycles. The van der Waals surface area contributed by atoms with E-state index >= 15 is 0 Å². The quantitative estimate of drug-likeness (QED) is 0.777. The van der Waals surface area contributed by atoms with E-state index in [-0.39, 0.29) is 22.8 Å². The van der Waals surface area contributed by atoms with Crippen molar-refractivity contribution in [3.63, 3.8) is 0 Å². The number of hydrogen-bond acceptors (Lipinski definition) is 2. The van der Waals surface area contributed by atoms with Crippen LogP contribution >= 0.6 is 11.6 Å². The van der Waals surface area contributed by atoms with Crippen molar-refractivity contribution in [1.29, 1.82) is 0 Å². The molecule has 1 aromatic carbocycles. The van der Waals surface area contributed by atoms with Crippen molar-refractivity contribution < 1.29 is 13.9 Å². The van der Waals surface area contributed by atoms with Gasteiger partial charge in [-0.1, -0.05) is 11.6 Å². The summed E-state index contributed by atoms with van der Waals surface area (Å²) in [5, 5.41) is 0.169. The normalized spacial score (nSPS) is 10.0. The van der Waals surface area contributed by atoms with Gasteiger partial charge in [0.1, 0.15) is 17.3 Å². The average Bonchev–Trinajstić information content (AvgIpc) is 2.12. The Balaban J connectivity index is 3.18. The molecule has 1 aromatic rings. The van der Waals surface area contributed by atoms with Crippen molar-refractivity contribution in [3.05, 3.63) is 28.5 Å². The number of benzene rings is 1. The standard InChI is InChI=1S/C10H10ClFO2/c1-6(13)5-7-8(12)3-4-9(14-2)10(7)11/h3-4H,5H2,1-2H3. The number of ketones is 1. The van der Waals surface area contributed by atoms with Gasteiger partial charge in [-0.25, -0.2) is 4.39 Å². The summed E-state index contributed by atoms with van der Waals surface area (Å²) < 4.78 is 18.1. The highest BCUT2D eigenvalue weighted by Gasteiger charge is 2.13. The summed E-state index contributed by atoms with van der Waals surface area (Å²) in [7, 11) is 1.44. The third-order valence-corrected chi connectivity index (χ3v) is 2.21. The molecular weight excluding hydrogens is 207 g/mol. The number of carbonyl (C=O) groups excluding carboxylic acids is 1. The maximum absolute atomic E-state index is 13.2. The molecule has 0 N–H and O–H groups in total. The number of Topliss-reactive ketones (excluding diaryl/α,β-unsaturated/α-hetero) is 1. The maximum Gasteiger partial charge on any atom is 0.137 e. The topological polar surface area (TPSA) is 26.3 Å². The molecule has 0 unspecified atom stereocenters. The number of ether oxygens (including phenoxy) is 1. The van der Waals surface area contributed by atoms with E-state index in [1.807, 2.05) is 0 Å². The van der Waals surface area contributed by atoms with Gasteiger partial charge in [-0.15, -0.1) is 0 Å². The molecule has 0 saturated heterocycles. The van der Waals surface area contributed by atoms with Crippen LogP contribution in [0.1, 0.15) is 12.5 Å². The van der Waals surface area contributed by atoms with Gasteiger partial charge in [0.15, 0.2) is 0 Å². The van der Waals surface area contributed by atoms with Crippen LogP contribution in [0.3, 0.4) is 0 Å². The molecule has 0 heterocycles. The van der Waals surface area contributed by atoms with E-state index in [0.717, 1.165) is 0 Å². The molecule has 0 radical (unpaired) electrons. The SMILES string of the molecule is COc1ccc(F)c(CC(C)=O)c1Cl. The lowest BCUT2D eigenvalue weighted by atomic mass is 10.1. The molecule has 0 aliphatic heterocycles. The lowest BCUT2D eigenvalue weighted by Gasteiger charge is -2.08. The van der Waals surface area contributed by atoms with Crippen LogP contribution in [0, 0.1) is 5.82 Å². The van der Waals surface area contributed by atoms with Gasteiger partial charge in [0.05, 0.1) is 12.1 Å². The molecule has 14 heavy (non-hydrogen) atoms. The van der Waals surface area contributed by atoms with Gasteiger partial charge in [-0.05, 0) is 19.1 Å². The Labute approximate surface area is 86.6 Å². The number of methoxy groups -OCH3 is 1. The van der Waals surface area contributed by atoms with Gasteiger partial charge >= 0.3 is 0 Å². The summed E-state index contributed by atoms with van der Waals surface area (Å²) in [6.45, 7) is 1.38. The van der Waals surface area contributed by atoms with Crippen molar-refractivity contribution in [2.24, 2.45) is 0 Å². The molecular formula is C10H10ClFO2. The first-order chi connectivity index (χ1) is 6.56. The van der Waals surface area contributed by atoms with Crippen molar-refractivity contribution >= 4 is 17.4 Å². The van der Waals surface area contributed by atoms with Crippen LogP contribution in [0.15, 0.2) is 12.1 Å². The highest BCUT2D eigenvalue weighted by Crippen LogP contribution is 2.30. The van der Waals surface area contributed by atoms with E-state index in [1.54, 1.807) is 0 Å². The second-order valence-corrected chi connectivity index (χ2v) is 3.30. The van der Waals surface area contributed by atoms with E-state index in [0.29, 0.717) is 5.75 Å². The number of hydrogen-bond donors (Lipinski definition) is 0. The van der Waals surface area contributed by atoms with Crippen LogP contribution in [-0.2, 0) is 11.2 Å². The Morgan fingerprint density at radius 2 is 2.21 bits per heavy atom. The van der Waals surface area contributed by atoms with Crippen LogP contribution in [-0.4, -0.2) is 12.9 Å². The monoisotopic (exact) mass is 216 g/mol. The first-order valence-corrected chi connectivity index (χ1v) is 4.44. The third kappa shape index (κ3) is 2.23. The largest absolute Gasteiger partial charge is 0.495 e. The summed E-state index contributed by atoms with van der Waals surface area (Å²) >= 11 is 5.84. The first kappa shape index (κ1) is 11.0. The molecule has 4 heteroatoms.